The van der Waals surface area contributed by atoms with Gasteiger partial charge in [-0.25, -0.2) is 9.97 Å². The minimum Gasteiger partial charge on any atom is -0.393 e. The Morgan fingerprint density at radius 2 is 1.77 bits per heavy atom. The number of anilines is 3. The highest BCUT2D eigenvalue weighted by Crippen LogP contribution is 2.31. The standard InChI is InChI=1S/C26H37BrN6OS/c1-25(2,3)15-26(4,5)28-14-18-13-22(32-23(30-18)29-17-7-9-19(34)10-8-17)33-24-31-20-11-6-16(27)12-21(20)35-24/h6,11-13,17,19,28,34H,7-10,14-15H2,1-5H3,(H2,29,30,31,32,33). The van der Waals surface area contributed by atoms with Gasteiger partial charge in [0.25, 0.3) is 0 Å². The third kappa shape index (κ3) is 7.84. The molecule has 1 aromatic carbocycles. The lowest BCUT2D eigenvalue weighted by atomic mass is 9.82. The summed E-state index contributed by atoms with van der Waals surface area (Å²) in [5, 5.41) is 21.3. The van der Waals surface area contributed by atoms with Crippen molar-refractivity contribution in [2.45, 2.75) is 91.0 Å². The summed E-state index contributed by atoms with van der Waals surface area (Å²) in [5.74, 6) is 1.34. The summed E-state index contributed by atoms with van der Waals surface area (Å²) in [5.41, 5.74) is 2.09. The minimum atomic E-state index is -0.189. The van der Waals surface area contributed by atoms with Crippen LogP contribution in [0.2, 0.25) is 0 Å². The number of halogens is 1. The van der Waals surface area contributed by atoms with Gasteiger partial charge in [0.1, 0.15) is 5.82 Å². The SMILES string of the molecule is CC(C)(C)CC(C)(C)NCc1cc(Nc2nc3ccc(Br)cc3s2)nc(NC2CCC(O)CC2)n1. The third-order valence-corrected chi connectivity index (χ3v) is 7.54. The molecule has 0 spiro atoms. The Labute approximate surface area is 220 Å². The molecule has 7 nitrogen and oxygen atoms in total. The number of hydrogen-bond donors (Lipinski definition) is 4. The largest absolute Gasteiger partial charge is 0.393 e. The second-order valence-corrected chi connectivity index (χ2v) is 13.4. The Balaban J connectivity index is 1.55. The monoisotopic (exact) mass is 560 g/mol. The molecule has 1 saturated carbocycles. The van der Waals surface area contributed by atoms with E-state index in [4.69, 9.17) is 15.0 Å². The lowest BCUT2D eigenvalue weighted by Gasteiger charge is -2.33. The maximum Gasteiger partial charge on any atom is 0.225 e. The molecule has 1 aliphatic carbocycles. The molecule has 0 bridgehead atoms. The lowest BCUT2D eigenvalue weighted by molar-refractivity contribution is 0.126. The molecule has 4 rings (SSSR count). The zero-order valence-electron chi connectivity index (χ0n) is 21.3. The Morgan fingerprint density at radius 1 is 1.03 bits per heavy atom. The van der Waals surface area contributed by atoms with Gasteiger partial charge in [-0.05, 0) is 69.6 Å². The quantitative estimate of drug-likeness (QED) is 0.246. The van der Waals surface area contributed by atoms with Gasteiger partial charge in [-0.3, -0.25) is 0 Å². The van der Waals surface area contributed by atoms with E-state index in [-0.39, 0.29) is 23.1 Å². The van der Waals surface area contributed by atoms with E-state index in [9.17, 15) is 5.11 Å². The van der Waals surface area contributed by atoms with Crippen LogP contribution in [0.3, 0.4) is 0 Å². The number of aromatic nitrogens is 3. The molecule has 0 aliphatic heterocycles. The van der Waals surface area contributed by atoms with Crippen LogP contribution in [0.5, 0.6) is 0 Å². The molecule has 35 heavy (non-hydrogen) atoms. The Morgan fingerprint density at radius 3 is 2.49 bits per heavy atom. The summed E-state index contributed by atoms with van der Waals surface area (Å²) in [4.78, 5) is 14.3. The van der Waals surface area contributed by atoms with Gasteiger partial charge < -0.3 is 21.1 Å². The molecular formula is C26H37BrN6OS. The Hall–Kier alpha value is -1.81. The van der Waals surface area contributed by atoms with Crippen LogP contribution in [0.15, 0.2) is 28.7 Å². The summed E-state index contributed by atoms with van der Waals surface area (Å²) in [7, 11) is 0. The molecule has 0 unspecified atom stereocenters. The van der Waals surface area contributed by atoms with E-state index in [2.05, 4.69) is 72.6 Å². The molecule has 2 heterocycles. The van der Waals surface area contributed by atoms with Crippen LogP contribution < -0.4 is 16.0 Å². The van der Waals surface area contributed by atoms with Gasteiger partial charge in [-0.15, -0.1) is 0 Å². The van der Waals surface area contributed by atoms with Gasteiger partial charge in [0.15, 0.2) is 5.13 Å². The molecule has 0 saturated heterocycles. The minimum absolute atomic E-state index is 0.0235. The van der Waals surface area contributed by atoms with E-state index >= 15 is 0 Å². The maximum absolute atomic E-state index is 9.86. The average Bonchev–Trinajstić information content (AvgIpc) is 3.13. The molecular weight excluding hydrogens is 524 g/mol. The highest BCUT2D eigenvalue weighted by atomic mass is 79.9. The van der Waals surface area contributed by atoms with E-state index in [0.29, 0.717) is 12.5 Å². The van der Waals surface area contributed by atoms with Crippen LogP contribution >= 0.6 is 27.3 Å². The molecule has 0 radical (unpaired) electrons. The molecule has 1 aliphatic rings. The molecule has 1 fully saturated rings. The number of nitrogens with zero attached hydrogens (tertiary/aromatic N) is 3. The summed E-state index contributed by atoms with van der Waals surface area (Å²) in [6.45, 7) is 11.9. The summed E-state index contributed by atoms with van der Waals surface area (Å²) in [6, 6.07) is 8.36. The zero-order valence-corrected chi connectivity index (χ0v) is 23.7. The summed E-state index contributed by atoms with van der Waals surface area (Å²) < 4.78 is 2.15. The molecule has 2 aromatic heterocycles. The topological polar surface area (TPSA) is 95.0 Å². The van der Waals surface area contributed by atoms with Gasteiger partial charge in [0.05, 0.1) is 22.0 Å². The Kier molecular flexibility index (Phi) is 8.00. The normalized spacial score (nSPS) is 19.2. The number of hydrogen-bond acceptors (Lipinski definition) is 8. The smallest absolute Gasteiger partial charge is 0.225 e. The van der Waals surface area contributed by atoms with Crippen molar-refractivity contribution in [3.8, 4) is 0 Å². The van der Waals surface area contributed by atoms with E-state index in [1.807, 2.05) is 18.2 Å². The fourth-order valence-corrected chi connectivity index (χ4v) is 6.32. The van der Waals surface area contributed by atoms with Crippen molar-refractivity contribution < 1.29 is 5.11 Å². The predicted molar refractivity (Wildman–Crippen MR) is 150 cm³/mol. The van der Waals surface area contributed by atoms with E-state index in [1.54, 1.807) is 11.3 Å². The number of aliphatic hydroxyl groups excluding tert-OH is 1. The van der Waals surface area contributed by atoms with Gasteiger partial charge >= 0.3 is 0 Å². The number of rotatable bonds is 8. The van der Waals surface area contributed by atoms with E-state index in [1.165, 1.54) is 0 Å². The number of fused-ring (bicyclic) bond motifs is 1. The molecule has 3 aromatic rings. The second-order valence-electron chi connectivity index (χ2n) is 11.4. The van der Waals surface area contributed by atoms with Gasteiger partial charge in [0, 0.05) is 28.7 Å². The van der Waals surface area contributed by atoms with Crippen molar-refractivity contribution in [3.63, 3.8) is 0 Å². The summed E-state index contributed by atoms with van der Waals surface area (Å²) >= 11 is 5.14. The van der Waals surface area contributed by atoms with Gasteiger partial charge in [-0.2, -0.15) is 4.98 Å². The van der Waals surface area contributed by atoms with Crippen LogP contribution in [0.1, 0.15) is 72.4 Å². The first-order valence-electron chi connectivity index (χ1n) is 12.3. The van der Waals surface area contributed by atoms with Crippen LogP contribution in [-0.2, 0) is 6.54 Å². The van der Waals surface area contributed by atoms with Crippen LogP contribution in [0.25, 0.3) is 10.2 Å². The molecule has 9 heteroatoms. The number of benzene rings is 1. The fraction of sp³-hybridized carbons (Fsp3) is 0.577. The first-order chi connectivity index (χ1) is 16.4. The van der Waals surface area contributed by atoms with Crippen molar-refractivity contribution in [2.75, 3.05) is 10.6 Å². The van der Waals surface area contributed by atoms with E-state index < -0.39 is 0 Å². The summed E-state index contributed by atoms with van der Waals surface area (Å²) in [6.07, 6.45) is 4.32. The number of nitrogens with one attached hydrogen (secondary N) is 3. The van der Waals surface area contributed by atoms with Crippen molar-refractivity contribution in [3.05, 3.63) is 34.4 Å². The second kappa shape index (κ2) is 10.7. The number of aliphatic hydroxyl groups is 1. The molecule has 0 amide bonds. The first kappa shape index (κ1) is 26.3. The molecule has 4 N–H and O–H groups in total. The van der Waals surface area contributed by atoms with Crippen LogP contribution in [-0.4, -0.2) is 37.7 Å². The van der Waals surface area contributed by atoms with Crippen molar-refractivity contribution in [1.29, 1.82) is 0 Å². The average molecular weight is 562 g/mol. The van der Waals surface area contributed by atoms with Crippen LogP contribution in [0, 0.1) is 5.41 Å². The van der Waals surface area contributed by atoms with Crippen LogP contribution in [0.4, 0.5) is 16.9 Å². The molecule has 0 atom stereocenters. The highest BCUT2D eigenvalue weighted by Gasteiger charge is 2.25. The highest BCUT2D eigenvalue weighted by molar-refractivity contribution is 9.10. The molecule has 190 valence electrons. The number of thiazole rings is 1. The lowest BCUT2D eigenvalue weighted by Crippen LogP contribution is -2.42. The Bertz CT molecular complexity index is 1150. The first-order valence-corrected chi connectivity index (χ1v) is 14.0. The van der Waals surface area contributed by atoms with Crippen molar-refractivity contribution in [1.82, 2.24) is 20.3 Å². The maximum atomic E-state index is 9.86. The van der Waals surface area contributed by atoms with E-state index in [0.717, 1.165) is 63.4 Å². The fourth-order valence-electron chi connectivity index (χ4n) is 4.90. The van der Waals surface area contributed by atoms with Crippen molar-refractivity contribution >= 4 is 54.4 Å². The van der Waals surface area contributed by atoms with Gasteiger partial charge in [-0.1, -0.05) is 48.0 Å². The van der Waals surface area contributed by atoms with Gasteiger partial charge in [0.2, 0.25) is 5.95 Å². The zero-order chi connectivity index (χ0) is 25.2. The predicted octanol–water partition coefficient (Wildman–Crippen LogP) is 6.61. The van der Waals surface area contributed by atoms with Crippen molar-refractivity contribution in [2.24, 2.45) is 5.41 Å². The third-order valence-electron chi connectivity index (χ3n) is 6.11.